The van der Waals surface area contributed by atoms with E-state index in [1.807, 2.05) is 37.0 Å². The summed E-state index contributed by atoms with van der Waals surface area (Å²) in [6, 6.07) is 2.50. The first kappa shape index (κ1) is 13.4. The molecule has 5 nitrogen and oxygen atoms in total. The first-order valence-corrected chi connectivity index (χ1v) is 7.37. The summed E-state index contributed by atoms with van der Waals surface area (Å²) >= 11 is 0. The highest BCUT2D eigenvalue weighted by Crippen LogP contribution is 2.21. The van der Waals surface area contributed by atoms with Crippen LogP contribution in [0.5, 0.6) is 0 Å². The summed E-state index contributed by atoms with van der Waals surface area (Å²) in [7, 11) is 0. The molecule has 0 saturated carbocycles. The number of hydrogen-bond acceptors (Lipinski definition) is 4. The van der Waals surface area contributed by atoms with E-state index in [0.717, 1.165) is 37.0 Å². The van der Waals surface area contributed by atoms with Crippen molar-refractivity contribution in [2.24, 2.45) is 0 Å². The molecular weight excluding hydrogens is 252 g/mol. The third-order valence-electron chi connectivity index (χ3n) is 4.12. The summed E-state index contributed by atoms with van der Waals surface area (Å²) in [5.74, 6) is 1.77. The zero-order valence-electron chi connectivity index (χ0n) is 12.2. The molecule has 0 unspecified atom stereocenters. The fourth-order valence-corrected chi connectivity index (χ4v) is 2.88. The van der Waals surface area contributed by atoms with Crippen molar-refractivity contribution in [1.82, 2.24) is 19.7 Å². The Bertz CT molecular complexity index is 527. The fraction of sp³-hybridized carbons (Fsp3) is 0.600. The van der Waals surface area contributed by atoms with Crippen LogP contribution < -0.4 is 0 Å². The molecule has 5 heteroatoms. The van der Waals surface area contributed by atoms with Crippen molar-refractivity contribution in [1.29, 1.82) is 0 Å². The maximum absolute atomic E-state index is 5.73. The molecule has 1 aliphatic heterocycles. The van der Waals surface area contributed by atoms with Crippen molar-refractivity contribution in [3.05, 3.63) is 35.8 Å². The molecule has 1 aliphatic rings. The van der Waals surface area contributed by atoms with Gasteiger partial charge in [-0.1, -0.05) is 6.42 Å². The van der Waals surface area contributed by atoms with Gasteiger partial charge in [0.25, 0.3) is 0 Å². The lowest BCUT2D eigenvalue weighted by molar-refractivity contribution is 0.111. The van der Waals surface area contributed by atoms with Crippen molar-refractivity contribution in [2.45, 2.75) is 52.2 Å². The minimum absolute atomic E-state index is 0.524. The minimum Gasteiger partial charge on any atom is -0.444 e. The predicted molar refractivity (Wildman–Crippen MR) is 76.3 cm³/mol. The molecule has 2 aromatic heterocycles. The van der Waals surface area contributed by atoms with E-state index in [1.54, 1.807) is 0 Å². The molecular formula is C15H22N4O. The molecule has 1 atom stereocenters. The van der Waals surface area contributed by atoms with Crippen LogP contribution in [0.4, 0.5) is 0 Å². The van der Waals surface area contributed by atoms with E-state index < -0.39 is 0 Å². The molecule has 0 bridgehead atoms. The number of piperidine rings is 1. The molecule has 0 aromatic carbocycles. The van der Waals surface area contributed by atoms with Crippen molar-refractivity contribution in [3.8, 4) is 0 Å². The summed E-state index contributed by atoms with van der Waals surface area (Å²) < 4.78 is 7.75. The van der Waals surface area contributed by atoms with Crippen molar-refractivity contribution in [3.63, 3.8) is 0 Å². The summed E-state index contributed by atoms with van der Waals surface area (Å²) in [6.45, 7) is 6.85. The first-order valence-electron chi connectivity index (χ1n) is 7.37. The lowest BCUT2D eigenvalue weighted by Crippen LogP contribution is -2.41. The van der Waals surface area contributed by atoms with E-state index in [0.29, 0.717) is 6.04 Å². The largest absolute Gasteiger partial charge is 0.444 e. The summed E-state index contributed by atoms with van der Waals surface area (Å²) in [4.78, 5) is 6.99. The van der Waals surface area contributed by atoms with E-state index >= 15 is 0 Å². The second-order valence-electron chi connectivity index (χ2n) is 5.60. The van der Waals surface area contributed by atoms with Gasteiger partial charge in [0.1, 0.15) is 5.76 Å². The van der Waals surface area contributed by atoms with Crippen LogP contribution >= 0.6 is 0 Å². The lowest BCUT2D eigenvalue weighted by Gasteiger charge is -2.34. The van der Waals surface area contributed by atoms with E-state index in [-0.39, 0.29) is 0 Å². The SMILES string of the molecule is Cc1nc(CN2CCCC[C@H]2Cn2cccn2)oc1C. The van der Waals surface area contributed by atoms with Gasteiger partial charge >= 0.3 is 0 Å². The number of aryl methyl sites for hydroxylation is 2. The molecule has 0 amide bonds. The van der Waals surface area contributed by atoms with Crippen LogP contribution in [-0.4, -0.2) is 32.3 Å². The van der Waals surface area contributed by atoms with E-state index in [9.17, 15) is 0 Å². The molecule has 3 heterocycles. The summed E-state index contributed by atoms with van der Waals surface area (Å²) in [5.41, 5.74) is 1.00. The zero-order chi connectivity index (χ0) is 13.9. The number of likely N-dealkylation sites (tertiary alicyclic amines) is 1. The number of rotatable bonds is 4. The Morgan fingerprint density at radius 2 is 2.25 bits per heavy atom. The Kier molecular flexibility index (Phi) is 3.87. The Labute approximate surface area is 119 Å². The normalized spacial score (nSPS) is 20.4. The molecule has 108 valence electrons. The highest BCUT2D eigenvalue weighted by atomic mass is 16.4. The van der Waals surface area contributed by atoms with E-state index in [4.69, 9.17) is 4.42 Å². The van der Waals surface area contributed by atoms with Crippen molar-refractivity contribution >= 4 is 0 Å². The summed E-state index contributed by atoms with van der Waals surface area (Å²) in [5, 5.41) is 4.32. The van der Waals surface area contributed by atoms with Crippen molar-refractivity contribution in [2.75, 3.05) is 6.54 Å². The van der Waals surface area contributed by atoms with Crippen LogP contribution in [0.15, 0.2) is 22.9 Å². The number of hydrogen-bond donors (Lipinski definition) is 0. The molecule has 2 aromatic rings. The third-order valence-corrected chi connectivity index (χ3v) is 4.12. The van der Waals surface area contributed by atoms with Gasteiger partial charge in [-0.05, 0) is 39.3 Å². The molecule has 0 aliphatic carbocycles. The fourth-order valence-electron chi connectivity index (χ4n) is 2.88. The molecule has 0 radical (unpaired) electrons. The number of aromatic nitrogens is 3. The Balaban J connectivity index is 1.68. The molecule has 3 rings (SSSR count). The van der Waals surface area contributed by atoms with Gasteiger partial charge < -0.3 is 4.42 Å². The van der Waals surface area contributed by atoms with Crippen LogP contribution in [0.25, 0.3) is 0 Å². The van der Waals surface area contributed by atoms with Gasteiger partial charge in [-0.15, -0.1) is 0 Å². The van der Waals surface area contributed by atoms with Gasteiger partial charge in [0, 0.05) is 18.4 Å². The maximum atomic E-state index is 5.73. The smallest absolute Gasteiger partial charge is 0.208 e. The first-order chi connectivity index (χ1) is 9.72. The lowest BCUT2D eigenvalue weighted by atomic mass is 10.0. The van der Waals surface area contributed by atoms with Crippen LogP contribution in [0.3, 0.4) is 0 Å². The van der Waals surface area contributed by atoms with Gasteiger partial charge in [-0.25, -0.2) is 4.98 Å². The van der Waals surface area contributed by atoms with Crippen LogP contribution in [0, 0.1) is 13.8 Å². The quantitative estimate of drug-likeness (QED) is 0.859. The average molecular weight is 274 g/mol. The molecule has 1 fully saturated rings. The average Bonchev–Trinajstić information content (AvgIpc) is 3.03. The van der Waals surface area contributed by atoms with E-state index in [1.165, 1.54) is 19.3 Å². The number of nitrogens with zero attached hydrogens (tertiary/aromatic N) is 4. The second-order valence-corrected chi connectivity index (χ2v) is 5.60. The minimum atomic E-state index is 0.524. The Morgan fingerprint density at radius 3 is 2.95 bits per heavy atom. The van der Waals surface area contributed by atoms with Crippen LogP contribution in [-0.2, 0) is 13.1 Å². The summed E-state index contributed by atoms with van der Waals surface area (Å²) in [6.07, 6.45) is 7.65. The van der Waals surface area contributed by atoms with Gasteiger partial charge in [0.15, 0.2) is 0 Å². The predicted octanol–water partition coefficient (Wildman–Crippen LogP) is 2.54. The standard InChI is InChI=1S/C15H22N4O/c1-12-13(2)20-15(17-12)11-18-8-4-3-6-14(18)10-19-9-5-7-16-19/h5,7,9,14H,3-4,6,8,10-11H2,1-2H3/t14-/m0/s1. The molecule has 1 saturated heterocycles. The van der Waals surface area contributed by atoms with Crippen LogP contribution in [0.1, 0.15) is 36.6 Å². The zero-order valence-corrected chi connectivity index (χ0v) is 12.2. The van der Waals surface area contributed by atoms with Gasteiger partial charge in [-0.3, -0.25) is 9.58 Å². The topological polar surface area (TPSA) is 47.1 Å². The highest BCUT2D eigenvalue weighted by Gasteiger charge is 2.24. The highest BCUT2D eigenvalue weighted by molar-refractivity contribution is 5.05. The van der Waals surface area contributed by atoms with Crippen LogP contribution in [0.2, 0.25) is 0 Å². The molecule has 0 N–H and O–H groups in total. The Morgan fingerprint density at radius 1 is 1.35 bits per heavy atom. The van der Waals surface area contributed by atoms with Crippen molar-refractivity contribution < 1.29 is 4.42 Å². The van der Waals surface area contributed by atoms with E-state index in [2.05, 4.69) is 15.0 Å². The van der Waals surface area contributed by atoms with Gasteiger partial charge in [-0.2, -0.15) is 5.10 Å². The van der Waals surface area contributed by atoms with Gasteiger partial charge in [0.05, 0.1) is 18.8 Å². The maximum Gasteiger partial charge on any atom is 0.208 e. The van der Waals surface area contributed by atoms with Gasteiger partial charge in [0.2, 0.25) is 5.89 Å². The monoisotopic (exact) mass is 274 g/mol. The third kappa shape index (κ3) is 2.93. The second kappa shape index (κ2) is 5.79. The Hall–Kier alpha value is -1.62. The molecule has 0 spiro atoms. The molecule has 20 heavy (non-hydrogen) atoms. The number of oxazole rings is 1.